The van der Waals surface area contributed by atoms with Gasteiger partial charge in [0.15, 0.2) is 11.6 Å². The van der Waals surface area contributed by atoms with Crippen molar-refractivity contribution in [3.8, 4) is 44.5 Å². The highest BCUT2D eigenvalue weighted by atomic mass is 15.5. The summed E-state index contributed by atoms with van der Waals surface area (Å²) < 4.78 is 0. The summed E-state index contributed by atoms with van der Waals surface area (Å²) in [5.74, 6) is 2.57. The average Bonchev–Trinajstić information content (AvgIpc) is 3.93. The summed E-state index contributed by atoms with van der Waals surface area (Å²) in [5.41, 5.74) is 15.0. The van der Waals surface area contributed by atoms with E-state index in [2.05, 4.69) is 238 Å². The van der Waals surface area contributed by atoms with Crippen molar-refractivity contribution in [2.24, 2.45) is 0 Å². The van der Waals surface area contributed by atoms with Crippen molar-refractivity contribution in [1.29, 1.82) is 0 Å². The highest BCUT2D eigenvalue weighted by Crippen LogP contribution is 2.52. The third-order valence-electron chi connectivity index (χ3n) is 14.8. The Hall–Kier alpha value is -7.30. The summed E-state index contributed by atoms with van der Waals surface area (Å²) in [6.07, 6.45) is 9.39. The Morgan fingerprint density at radius 1 is 0.227 bits per heavy atom. The number of rotatable bonds is 8. The minimum absolute atomic E-state index is 0.283. The molecule has 4 nitrogen and oxygen atoms in total. The Kier molecular flexibility index (Phi) is 10.7. The second kappa shape index (κ2) is 17.6. The van der Waals surface area contributed by atoms with Crippen LogP contribution in [0.1, 0.15) is 51.4 Å². The third-order valence-corrected chi connectivity index (χ3v) is 14.8. The van der Waals surface area contributed by atoms with Crippen LogP contribution >= 0.6 is 0 Å². The number of benzene rings is 8. The van der Waals surface area contributed by atoms with Gasteiger partial charge < -0.3 is 19.6 Å². The summed E-state index contributed by atoms with van der Waals surface area (Å²) in [7, 11) is 0. The Bertz CT molecular complexity index is 2580. The molecule has 66 heavy (non-hydrogen) atoms. The molecule has 0 radical (unpaired) electrons. The topological polar surface area (TPSA) is 13.0 Å². The third kappa shape index (κ3) is 7.35. The Morgan fingerprint density at radius 3 is 0.667 bits per heavy atom. The smallest absolute Gasteiger partial charge is 0.156 e. The highest BCUT2D eigenvalue weighted by molar-refractivity contribution is 5.82. The fraction of sp³-hybridized carbons (Fsp3) is 0.194. The van der Waals surface area contributed by atoms with E-state index in [1.807, 2.05) is 0 Å². The molecule has 0 bridgehead atoms. The lowest BCUT2D eigenvalue weighted by atomic mass is 9.89. The van der Waals surface area contributed by atoms with Gasteiger partial charge in [0.1, 0.15) is 0 Å². The lowest BCUT2D eigenvalue weighted by Gasteiger charge is -2.36. The van der Waals surface area contributed by atoms with E-state index in [1.165, 1.54) is 105 Å². The van der Waals surface area contributed by atoms with Gasteiger partial charge in [-0.1, -0.05) is 196 Å². The van der Waals surface area contributed by atoms with Crippen molar-refractivity contribution in [2.75, 3.05) is 19.6 Å². The molecule has 4 aliphatic rings. The molecule has 4 fully saturated rings. The first-order valence-corrected chi connectivity index (χ1v) is 24.3. The molecular weight excluding hydrogens is 801 g/mol. The van der Waals surface area contributed by atoms with Crippen molar-refractivity contribution >= 4 is 22.7 Å². The van der Waals surface area contributed by atoms with Gasteiger partial charge in [0.05, 0.1) is 24.2 Å². The van der Waals surface area contributed by atoms with Gasteiger partial charge in [-0.2, -0.15) is 0 Å². The standard InChI is InChI=1S/C62H56N4/c1-5-21-45(22-6-1)49-29-17-33-53(41-49)63-57-37-13-14-38-58(57)64(54-34-18-30-50(42-54)46-23-7-2-8-24-46)61(63)62-65(55-35-19-31-51(43-55)47-25-9-3-10-26-47)59-39-15-16-40-60(59)66(62)56-36-20-32-52(44-56)48-27-11-4-12-28-48/h1-12,17-36,41-44,57-60H,13-16,37-40H2. The van der Waals surface area contributed by atoms with Crippen LogP contribution in [-0.2, 0) is 0 Å². The van der Waals surface area contributed by atoms with E-state index < -0.39 is 0 Å². The molecule has 0 N–H and O–H groups in total. The number of nitrogens with zero attached hydrogens (tertiary/aromatic N) is 4. The molecule has 4 atom stereocenters. The van der Waals surface area contributed by atoms with Crippen LogP contribution in [0, 0.1) is 0 Å². The average molecular weight is 857 g/mol. The molecule has 2 saturated carbocycles. The minimum atomic E-state index is 0.283. The second-order valence-corrected chi connectivity index (χ2v) is 18.6. The largest absolute Gasteiger partial charge is 0.320 e. The van der Waals surface area contributed by atoms with Crippen LogP contribution in [0.2, 0.25) is 0 Å². The van der Waals surface area contributed by atoms with E-state index in [4.69, 9.17) is 0 Å². The number of hydrogen-bond donors (Lipinski definition) is 0. The van der Waals surface area contributed by atoms with Crippen molar-refractivity contribution in [3.63, 3.8) is 0 Å². The number of fused-ring (bicyclic) bond motifs is 2. The first kappa shape index (κ1) is 40.2. The molecule has 2 heterocycles. The first-order valence-electron chi connectivity index (χ1n) is 24.3. The maximum Gasteiger partial charge on any atom is 0.156 e. The second-order valence-electron chi connectivity index (χ2n) is 18.6. The summed E-state index contributed by atoms with van der Waals surface area (Å²) in [6.45, 7) is 0. The van der Waals surface area contributed by atoms with E-state index in [-0.39, 0.29) is 24.2 Å². The molecule has 12 rings (SSSR count). The van der Waals surface area contributed by atoms with Gasteiger partial charge >= 0.3 is 0 Å². The van der Waals surface area contributed by atoms with Gasteiger partial charge in [-0.15, -0.1) is 0 Å². The van der Waals surface area contributed by atoms with E-state index in [1.54, 1.807) is 0 Å². The van der Waals surface area contributed by atoms with E-state index >= 15 is 0 Å². The molecule has 324 valence electrons. The Balaban J connectivity index is 1.16. The summed E-state index contributed by atoms with van der Waals surface area (Å²) in [5, 5.41) is 0. The minimum Gasteiger partial charge on any atom is -0.320 e. The monoisotopic (exact) mass is 856 g/mol. The lowest BCUT2D eigenvalue weighted by Crippen LogP contribution is -2.40. The van der Waals surface area contributed by atoms with Crippen LogP contribution in [0.3, 0.4) is 0 Å². The number of anilines is 4. The van der Waals surface area contributed by atoms with Gasteiger partial charge in [0.2, 0.25) is 0 Å². The van der Waals surface area contributed by atoms with Crippen LogP contribution < -0.4 is 19.6 Å². The zero-order chi connectivity index (χ0) is 43.8. The SMILES string of the molecule is c1ccc(-c2cccc(N3C(=C4N(c5cccc(-c6ccccc6)c5)C5CCCCC5N4c4cccc(-c5ccccc5)c4)N(c4cccc(-c5ccccc5)c4)C4CCCCC43)c2)cc1. The first-order chi connectivity index (χ1) is 32.8. The molecule has 4 unspecified atom stereocenters. The lowest BCUT2D eigenvalue weighted by molar-refractivity contribution is 0.409. The van der Waals surface area contributed by atoms with Crippen molar-refractivity contribution in [3.05, 3.63) is 230 Å². The van der Waals surface area contributed by atoms with Crippen LogP contribution in [0.5, 0.6) is 0 Å². The van der Waals surface area contributed by atoms with Crippen molar-refractivity contribution < 1.29 is 0 Å². The molecule has 0 aromatic heterocycles. The van der Waals surface area contributed by atoms with Crippen LogP contribution in [0.4, 0.5) is 22.7 Å². The van der Waals surface area contributed by atoms with E-state index in [0.29, 0.717) is 0 Å². The highest BCUT2D eigenvalue weighted by Gasteiger charge is 2.54. The molecular formula is C62H56N4. The van der Waals surface area contributed by atoms with Crippen LogP contribution in [-0.4, -0.2) is 24.2 Å². The molecule has 0 spiro atoms. The van der Waals surface area contributed by atoms with Crippen LogP contribution in [0.15, 0.2) is 230 Å². The maximum absolute atomic E-state index is 2.81. The Labute approximate surface area is 390 Å². The molecule has 8 aromatic carbocycles. The molecule has 2 saturated heterocycles. The van der Waals surface area contributed by atoms with Gasteiger partial charge in [-0.3, -0.25) is 0 Å². The predicted molar refractivity (Wildman–Crippen MR) is 277 cm³/mol. The summed E-state index contributed by atoms with van der Waals surface area (Å²) in [6, 6.07) is 82.5. The van der Waals surface area contributed by atoms with Gasteiger partial charge in [-0.05, 0) is 119 Å². The molecule has 2 aliphatic heterocycles. The molecule has 4 heteroatoms. The summed E-state index contributed by atoms with van der Waals surface area (Å²) in [4.78, 5) is 11.2. The zero-order valence-electron chi connectivity index (χ0n) is 37.5. The van der Waals surface area contributed by atoms with E-state index in [9.17, 15) is 0 Å². The predicted octanol–water partition coefficient (Wildman–Crippen LogP) is 15.5. The fourth-order valence-corrected chi connectivity index (χ4v) is 11.8. The Morgan fingerprint density at radius 2 is 0.439 bits per heavy atom. The van der Waals surface area contributed by atoms with Crippen molar-refractivity contribution in [2.45, 2.75) is 75.5 Å². The molecule has 8 aromatic rings. The van der Waals surface area contributed by atoms with Gasteiger partial charge in [0, 0.05) is 22.7 Å². The number of hydrogen-bond acceptors (Lipinski definition) is 4. The molecule has 0 amide bonds. The van der Waals surface area contributed by atoms with Gasteiger partial charge in [0.25, 0.3) is 0 Å². The normalized spacial score (nSPS) is 20.4. The summed E-state index contributed by atoms with van der Waals surface area (Å²) >= 11 is 0. The van der Waals surface area contributed by atoms with Crippen LogP contribution in [0.25, 0.3) is 44.5 Å². The van der Waals surface area contributed by atoms with Crippen molar-refractivity contribution in [1.82, 2.24) is 0 Å². The maximum atomic E-state index is 2.81. The fourth-order valence-electron chi connectivity index (χ4n) is 11.8. The zero-order valence-corrected chi connectivity index (χ0v) is 37.5. The van der Waals surface area contributed by atoms with E-state index in [0.717, 1.165) is 25.7 Å². The van der Waals surface area contributed by atoms with Gasteiger partial charge in [-0.25, -0.2) is 0 Å². The quantitative estimate of drug-likeness (QED) is 0.151. The molecule has 2 aliphatic carbocycles.